The van der Waals surface area contributed by atoms with E-state index in [-0.39, 0.29) is 24.7 Å². The predicted octanol–water partition coefficient (Wildman–Crippen LogP) is 2.11. The Kier molecular flexibility index (Phi) is 11.3. The average Bonchev–Trinajstić information content (AvgIpc) is 3.25. The van der Waals surface area contributed by atoms with Crippen LogP contribution in [0.1, 0.15) is 29.9 Å². The average molecular weight is 590 g/mol. The normalized spacial score (nSPS) is 14.2. The van der Waals surface area contributed by atoms with Gasteiger partial charge in [0, 0.05) is 11.7 Å². The zero-order chi connectivity index (χ0) is 29.2. The standard InChI is InChI=1S/C27H31N3O8S2/c1-40-11-10-20(24(33)28-21(12-23(31)32)25(34)29-22(14-39)26(35)36)30-27(37)38-13-19-17-8-4-2-6-15(17)16-7-3-5-9-18(16)19/h2-9,19-22,39H,10-14H2,1H3,(H,28,33)(H,29,34)(H,30,37)(H,31,32)(H,35,36)/t20-,21-,22-/m0/s1. The lowest BCUT2D eigenvalue weighted by Gasteiger charge is -2.23. The number of hydrogen-bond acceptors (Lipinski definition) is 8. The molecule has 3 amide bonds. The Balaban J connectivity index is 1.67. The number of rotatable bonds is 14. The Labute approximate surface area is 240 Å². The van der Waals surface area contributed by atoms with Crippen LogP contribution in [0.4, 0.5) is 4.79 Å². The summed E-state index contributed by atoms with van der Waals surface area (Å²) in [7, 11) is 0. The van der Waals surface area contributed by atoms with Crippen LogP contribution in [-0.4, -0.2) is 82.6 Å². The minimum absolute atomic E-state index is 0.0288. The van der Waals surface area contributed by atoms with Gasteiger partial charge in [0.05, 0.1) is 6.42 Å². The molecule has 2 aromatic rings. The predicted molar refractivity (Wildman–Crippen MR) is 153 cm³/mol. The minimum Gasteiger partial charge on any atom is -0.481 e. The molecule has 11 nitrogen and oxygen atoms in total. The fraction of sp³-hybridized carbons (Fsp3) is 0.370. The number of benzene rings is 2. The van der Waals surface area contributed by atoms with Crippen molar-refractivity contribution < 1.29 is 38.9 Å². The summed E-state index contributed by atoms with van der Waals surface area (Å²) in [6.45, 7) is 0.0288. The van der Waals surface area contributed by atoms with Gasteiger partial charge in [-0.05, 0) is 40.7 Å². The largest absolute Gasteiger partial charge is 0.481 e. The third-order valence-electron chi connectivity index (χ3n) is 6.37. The first-order chi connectivity index (χ1) is 19.2. The Hall–Kier alpha value is -3.71. The quantitative estimate of drug-likeness (QED) is 0.181. The van der Waals surface area contributed by atoms with E-state index in [2.05, 4.69) is 28.6 Å². The number of alkyl carbamates (subject to hydrolysis) is 1. The number of carbonyl (C=O) groups is 5. The van der Waals surface area contributed by atoms with Crippen molar-refractivity contribution in [3.63, 3.8) is 0 Å². The maximum Gasteiger partial charge on any atom is 0.407 e. The van der Waals surface area contributed by atoms with Crippen LogP contribution in [0.15, 0.2) is 48.5 Å². The van der Waals surface area contributed by atoms with Crippen LogP contribution < -0.4 is 16.0 Å². The van der Waals surface area contributed by atoms with Gasteiger partial charge in [0.15, 0.2) is 0 Å². The molecule has 0 aromatic heterocycles. The number of nitrogens with one attached hydrogen (secondary N) is 3. The molecule has 0 bridgehead atoms. The highest BCUT2D eigenvalue weighted by molar-refractivity contribution is 7.98. The van der Waals surface area contributed by atoms with Crippen LogP contribution in [0.2, 0.25) is 0 Å². The minimum atomic E-state index is -1.58. The van der Waals surface area contributed by atoms with Gasteiger partial charge in [-0.2, -0.15) is 24.4 Å². The molecule has 0 saturated carbocycles. The molecule has 0 unspecified atom stereocenters. The number of carboxylic acids is 2. The van der Waals surface area contributed by atoms with Crippen molar-refractivity contribution in [1.82, 2.24) is 16.0 Å². The lowest BCUT2D eigenvalue weighted by atomic mass is 9.98. The summed E-state index contributed by atoms with van der Waals surface area (Å²) < 4.78 is 5.53. The van der Waals surface area contributed by atoms with Gasteiger partial charge in [0.1, 0.15) is 24.7 Å². The van der Waals surface area contributed by atoms with Gasteiger partial charge >= 0.3 is 18.0 Å². The first-order valence-corrected chi connectivity index (χ1v) is 14.5. The molecule has 3 rings (SSSR count). The van der Waals surface area contributed by atoms with E-state index in [1.165, 1.54) is 11.8 Å². The smallest absolute Gasteiger partial charge is 0.407 e. The number of hydrogen-bond donors (Lipinski definition) is 6. The molecule has 0 saturated heterocycles. The fourth-order valence-corrected chi connectivity index (χ4v) is 5.12. The fourth-order valence-electron chi connectivity index (χ4n) is 4.40. The second-order valence-corrected chi connectivity index (χ2v) is 10.4. The van der Waals surface area contributed by atoms with Crippen molar-refractivity contribution in [1.29, 1.82) is 0 Å². The lowest BCUT2D eigenvalue weighted by molar-refractivity contribution is -0.143. The molecule has 40 heavy (non-hydrogen) atoms. The molecule has 0 radical (unpaired) electrons. The van der Waals surface area contributed by atoms with Gasteiger partial charge in [-0.25, -0.2) is 9.59 Å². The van der Waals surface area contributed by atoms with Gasteiger partial charge < -0.3 is 30.9 Å². The molecule has 5 N–H and O–H groups in total. The van der Waals surface area contributed by atoms with E-state index in [1.54, 1.807) is 0 Å². The van der Waals surface area contributed by atoms with Crippen LogP contribution >= 0.6 is 24.4 Å². The summed E-state index contributed by atoms with van der Waals surface area (Å²) in [6.07, 6.45) is 0.346. The van der Waals surface area contributed by atoms with Gasteiger partial charge in [0.2, 0.25) is 11.8 Å². The molecule has 0 spiro atoms. The molecular weight excluding hydrogens is 558 g/mol. The van der Waals surface area contributed by atoms with Gasteiger partial charge in [0.25, 0.3) is 0 Å². The molecule has 2 aromatic carbocycles. The number of aliphatic carboxylic acids is 2. The maximum absolute atomic E-state index is 13.1. The van der Waals surface area contributed by atoms with E-state index in [4.69, 9.17) is 9.84 Å². The third-order valence-corrected chi connectivity index (χ3v) is 7.38. The number of fused-ring (bicyclic) bond motifs is 3. The summed E-state index contributed by atoms with van der Waals surface area (Å²) >= 11 is 5.29. The number of amides is 3. The molecule has 1 aliphatic rings. The molecule has 1 aliphatic carbocycles. The molecule has 0 aliphatic heterocycles. The topological polar surface area (TPSA) is 171 Å². The van der Waals surface area contributed by atoms with Crippen molar-refractivity contribution in [2.45, 2.75) is 36.9 Å². The van der Waals surface area contributed by atoms with Crippen molar-refractivity contribution in [2.75, 3.05) is 24.4 Å². The molecular formula is C27H31N3O8S2. The first kappa shape index (κ1) is 30.8. The molecule has 0 heterocycles. The highest BCUT2D eigenvalue weighted by Gasteiger charge is 2.32. The van der Waals surface area contributed by atoms with E-state index in [9.17, 15) is 29.1 Å². The number of thioether (sulfide) groups is 1. The third kappa shape index (κ3) is 7.92. The van der Waals surface area contributed by atoms with Crippen LogP contribution in [0.3, 0.4) is 0 Å². The number of ether oxygens (including phenoxy) is 1. The zero-order valence-corrected chi connectivity index (χ0v) is 23.4. The van der Waals surface area contributed by atoms with Crippen LogP contribution in [0.5, 0.6) is 0 Å². The van der Waals surface area contributed by atoms with Crippen LogP contribution in [0, 0.1) is 0 Å². The molecule has 214 valence electrons. The number of thiol groups is 1. The second-order valence-electron chi connectivity index (χ2n) is 9.04. The summed E-state index contributed by atoms with van der Waals surface area (Å²) in [5.74, 6) is -4.51. The SMILES string of the molecule is CSCC[C@H](NC(=O)OCC1c2ccccc2-c2ccccc21)C(=O)N[C@@H](CC(=O)O)C(=O)N[C@@H](CS)C(=O)O. The van der Waals surface area contributed by atoms with Gasteiger partial charge in [-0.15, -0.1) is 0 Å². The van der Waals surface area contributed by atoms with Crippen molar-refractivity contribution >= 4 is 54.2 Å². The summed E-state index contributed by atoms with van der Waals surface area (Å²) in [4.78, 5) is 61.0. The summed E-state index contributed by atoms with van der Waals surface area (Å²) in [5, 5.41) is 25.4. The molecule has 13 heteroatoms. The van der Waals surface area contributed by atoms with E-state index in [0.717, 1.165) is 22.3 Å². The first-order valence-electron chi connectivity index (χ1n) is 12.4. The van der Waals surface area contributed by atoms with Gasteiger partial charge in [-0.1, -0.05) is 48.5 Å². The highest BCUT2D eigenvalue weighted by atomic mass is 32.2. The van der Waals surface area contributed by atoms with E-state index in [1.807, 2.05) is 54.8 Å². The maximum atomic E-state index is 13.1. The van der Waals surface area contributed by atoms with Crippen LogP contribution in [-0.2, 0) is 23.9 Å². The Bertz CT molecular complexity index is 1210. The van der Waals surface area contributed by atoms with E-state index >= 15 is 0 Å². The lowest BCUT2D eigenvalue weighted by Crippen LogP contribution is -2.56. The summed E-state index contributed by atoms with van der Waals surface area (Å²) in [6, 6.07) is 11.6. The van der Waals surface area contributed by atoms with Crippen molar-refractivity contribution in [2.24, 2.45) is 0 Å². The number of carbonyl (C=O) groups excluding carboxylic acids is 3. The second kappa shape index (κ2) is 14.6. The Morgan fingerprint density at radius 1 is 0.875 bits per heavy atom. The zero-order valence-electron chi connectivity index (χ0n) is 21.7. The van der Waals surface area contributed by atoms with Gasteiger partial charge in [-0.3, -0.25) is 14.4 Å². The van der Waals surface area contributed by atoms with E-state index < -0.39 is 54.4 Å². The number of carboxylic acid groups (broad SMARTS) is 2. The Morgan fingerprint density at radius 2 is 1.43 bits per heavy atom. The van der Waals surface area contributed by atoms with Crippen molar-refractivity contribution in [3.05, 3.63) is 59.7 Å². The van der Waals surface area contributed by atoms with E-state index in [0.29, 0.717) is 5.75 Å². The monoisotopic (exact) mass is 589 g/mol. The molecule has 3 atom stereocenters. The summed E-state index contributed by atoms with van der Waals surface area (Å²) in [5.41, 5.74) is 4.18. The molecule has 0 fully saturated rings. The van der Waals surface area contributed by atoms with Crippen molar-refractivity contribution in [3.8, 4) is 11.1 Å². The highest BCUT2D eigenvalue weighted by Crippen LogP contribution is 2.44. The Morgan fingerprint density at radius 3 is 1.95 bits per heavy atom. The van der Waals surface area contributed by atoms with Crippen LogP contribution in [0.25, 0.3) is 11.1 Å².